The van der Waals surface area contributed by atoms with Crippen LogP contribution in [0, 0.1) is 5.82 Å². The van der Waals surface area contributed by atoms with Gasteiger partial charge in [0.15, 0.2) is 0 Å². The van der Waals surface area contributed by atoms with Crippen LogP contribution in [0.3, 0.4) is 0 Å². The molecule has 0 fully saturated rings. The molecule has 6 heteroatoms. The quantitative estimate of drug-likeness (QED) is 0.915. The van der Waals surface area contributed by atoms with Crippen LogP contribution in [0.4, 0.5) is 4.39 Å². The highest BCUT2D eigenvalue weighted by Gasteiger charge is 2.08. The fraction of sp³-hybridized carbons (Fsp3) is 0.0909. The van der Waals surface area contributed by atoms with E-state index in [-0.39, 0.29) is 18.1 Å². The van der Waals surface area contributed by atoms with Gasteiger partial charge in [0, 0.05) is 17.8 Å². The summed E-state index contributed by atoms with van der Waals surface area (Å²) in [6.45, 7) is -0.367. The molecule has 0 aliphatic heterocycles. The summed E-state index contributed by atoms with van der Waals surface area (Å²) >= 11 is 5.74. The number of aliphatic hydroxyl groups is 1. The van der Waals surface area contributed by atoms with Gasteiger partial charge in [-0.1, -0.05) is 11.6 Å². The van der Waals surface area contributed by atoms with Crippen LogP contribution in [0.5, 0.6) is 11.6 Å². The second-order valence-corrected chi connectivity index (χ2v) is 3.65. The summed E-state index contributed by atoms with van der Waals surface area (Å²) in [5, 5.41) is 9.46. The molecule has 0 aliphatic rings. The summed E-state index contributed by atoms with van der Waals surface area (Å²) in [7, 11) is 0. The highest BCUT2D eigenvalue weighted by molar-refractivity contribution is 6.30. The normalized spacial score (nSPS) is 10.3. The topological polar surface area (TPSA) is 55.2 Å². The first-order chi connectivity index (χ1) is 8.19. The average Bonchev–Trinajstić information content (AvgIpc) is 2.31. The molecule has 2 rings (SSSR count). The van der Waals surface area contributed by atoms with E-state index in [1.807, 2.05) is 0 Å². The molecule has 4 nitrogen and oxygen atoms in total. The van der Waals surface area contributed by atoms with E-state index >= 15 is 0 Å². The lowest BCUT2D eigenvalue weighted by Gasteiger charge is -2.08. The van der Waals surface area contributed by atoms with Crippen molar-refractivity contribution in [2.75, 3.05) is 0 Å². The van der Waals surface area contributed by atoms with Crippen LogP contribution in [0.1, 0.15) is 5.56 Å². The van der Waals surface area contributed by atoms with Crippen LogP contribution in [-0.2, 0) is 6.61 Å². The monoisotopic (exact) mass is 254 g/mol. The number of aromatic nitrogens is 2. The zero-order valence-corrected chi connectivity index (χ0v) is 9.36. The summed E-state index contributed by atoms with van der Waals surface area (Å²) in [6, 6.07) is 2.70. The molecule has 0 aliphatic carbocycles. The summed E-state index contributed by atoms with van der Waals surface area (Å²) in [5.74, 6) is -0.0464. The maximum atomic E-state index is 12.9. The number of pyridine rings is 2. The lowest BCUT2D eigenvalue weighted by Crippen LogP contribution is -1.96. The molecule has 2 aromatic heterocycles. The molecule has 0 spiro atoms. The molecule has 0 atom stereocenters. The van der Waals surface area contributed by atoms with E-state index in [1.54, 1.807) is 6.07 Å². The van der Waals surface area contributed by atoms with Crippen LogP contribution in [0.15, 0.2) is 30.7 Å². The van der Waals surface area contributed by atoms with Crippen molar-refractivity contribution < 1.29 is 14.2 Å². The van der Waals surface area contributed by atoms with Gasteiger partial charge >= 0.3 is 0 Å². The summed E-state index contributed by atoms with van der Waals surface area (Å²) in [5.41, 5.74) is 0.255. The van der Waals surface area contributed by atoms with E-state index in [0.29, 0.717) is 10.8 Å². The lowest BCUT2D eigenvalue weighted by molar-refractivity contribution is 0.274. The van der Waals surface area contributed by atoms with E-state index in [4.69, 9.17) is 21.4 Å². The molecule has 88 valence electrons. The van der Waals surface area contributed by atoms with Crippen LogP contribution >= 0.6 is 11.6 Å². The Bertz CT molecular complexity index is 537. The first-order valence-electron chi connectivity index (χ1n) is 4.72. The minimum absolute atomic E-state index is 0.123. The van der Waals surface area contributed by atoms with Gasteiger partial charge in [-0.3, -0.25) is 4.98 Å². The molecule has 1 N–H and O–H groups in total. The van der Waals surface area contributed by atoms with Gasteiger partial charge in [-0.25, -0.2) is 9.37 Å². The Kier molecular flexibility index (Phi) is 3.51. The Morgan fingerprint density at radius 2 is 2.12 bits per heavy atom. The van der Waals surface area contributed by atoms with Gasteiger partial charge in [0.05, 0.1) is 24.0 Å². The second-order valence-electron chi connectivity index (χ2n) is 3.22. The third-order valence-corrected chi connectivity index (χ3v) is 2.16. The third kappa shape index (κ3) is 2.89. The molecule has 0 aromatic carbocycles. The van der Waals surface area contributed by atoms with Crippen LogP contribution < -0.4 is 4.74 Å². The van der Waals surface area contributed by atoms with Crippen molar-refractivity contribution in [1.29, 1.82) is 0 Å². The minimum atomic E-state index is -0.536. The number of hydrogen-bond donors (Lipinski definition) is 1. The highest BCUT2D eigenvalue weighted by Crippen LogP contribution is 2.24. The Morgan fingerprint density at radius 1 is 1.29 bits per heavy atom. The predicted octanol–water partition coefficient (Wildman–Crippen LogP) is 2.55. The zero-order chi connectivity index (χ0) is 12.3. The van der Waals surface area contributed by atoms with Crippen molar-refractivity contribution in [2.45, 2.75) is 6.61 Å². The number of aliphatic hydroxyl groups excluding tert-OH is 1. The van der Waals surface area contributed by atoms with Gasteiger partial charge in [-0.2, -0.15) is 0 Å². The predicted molar refractivity (Wildman–Crippen MR) is 59.4 cm³/mol. The van der Waals surface area contributed by atoms with Crippen molar-refractivity contribution in [1.82, 2.24) is 9.97 Å². The average molecular weight is 255 g/mol. The molecule has 0 unspecified atom stereocenters. The van der Waals surface area contributed by atoms with E-state index in [9.17, 15) is 4.39 Å². The van der Waals surface area contributed by atoms with Crippen molar-refractivity contribution in [2.24, 2.45) is 0 Å². The number of hydrogen-bond acceptors (Lipinski definition) is 4. The van der Waals surface area contributed by atoms with Gasteiger partial charge < -0.3 is 9.84 Å². The summed E-state index contributed by atoms with van der Waals surface area (Å²) in [4.78, 5) is 7.58. The van der Waals surface area contributed by atoms with Gasteiger partial charge in [0.1, 0.15) is 11.6 Å². The highest BCUT2D eigenvalue weighted by atomic mass is 35.5. The van der Waals surface area contributed by atoms with Crippen LogP contribution in [-0.4, -0.2) is 15.1 Å². The van der Waals surface area contributed by atoms with E-state index in [2.05, 4.69) is 9.97 Å². The Hall–Kier alpha value is -1.72. The maximum absolute atomic E-state index is 12.9. The van der Waals surface area contributed by atoms with Gasteiger partial charge in [0.2, 0.25) is 5.88 Å². The molecule has 0 amide bonds. The molecule has 0 saturated carbocycles. The molecular formula is C11H8ClFN2O2. The maximum Gasteiger partial charge on any atom is 0.225 e. The smallest absolute Gasteiger partial charge is 0.225 e. The Balaban J connectivity index is 2.29. The third-order valence-electron chi connectivity index (χ3n) is 1.96. The zero-order valence-electron chi connectivity index (χ0n) is 8.60. The number of nitrogens with zero attached hydrogens (tertiary/aromatic N) is 2. The van der Waals surface area contributed by atoms with E-state index in [1.165, 1.54) is 12.4 Å². The summed E-state index contributed by atoms with van der Waals surface area (Å²) in [6.07, 6.45) is 3.91. The standard InChI is InChI=1S/C11H8ClFN2O2/c12-8-2-10(5-14-3-8)17-11-7(6-16)1-9(13)4-15-11/h1-5,16H,6H2. The van der Waals surface area contributed by atoms with E-state index < -0.39 is 5.82 Å². The van der Waals surface area contributed by atoms with Gasteiger partial charge in [0.25, 0.3) is 0 Å². The van der Waals surface area contributed by atoms with Crippen molar-refractivity contribution in [3.05, 3.63) is 47.1 Å². The fourth-order valence-electron chi connectivity index (χ4n) is 1.23. The molecule has 0 bridgehead atoms. The van der Waals surface area contributed by atoms with Crippen molar-refractivity contribution >= 4 is 11.6 Å². The Labute approximate surface area is 102 Å². The first kappa shape index (κ1) is 11.8. The molecule has 0 saturated heterocycles. The largest absolute Gasteiger partial charge is 0.437 e. The lowest BCUT2D eigenvalue weighted by atomic mass is 10.3. The molecule has 2 aromatic rings. The van der Waals surface area contributed by atoms with Gasteiger partial charge in [-0.05, 0) is 6.07 Å². The number of ether oxygens (including phenoxy) is 1. The Morgan fingerprint density at radius 3 is 2.82 bits per heavy atom. The van der Waals surface area contributed by atoms with Crippen molar-refractivity contribution in [3.8, 4) is 11.6 Å². The second kappa shape index (κ2) is 5.07. The minimum Gasteiger partial charge on any atom is -0.437 e. The molecular weight excluding hydrogens is 247 g/mol. The number of rotatable bonds is 3. The first-order valence-corrected chi connectivity index (χ1v) is 5.10. The number of halogens is 2. The van der Waals surface area contributed by atoms with Crippen LogP contribution in [0.25, 0.3) is 0 Å². The molecule has 2 heterocycles. The van der Waals surface area contributed by atoms with Crippen LogP contribution in [0.2, 0.25) is 5.02 Å². The van der Waals surface area contributed by atoms with Gasteiger partial charge in [-0.15, -0.1) is 0 Å². The molecule has 17 heavy (non-hydrogen) atoms. The SMILES string of the molecule is OCc1cc(F)cnc1Oc1cncc(Cl)c1. The fourth-order valence-corrected chi connectivity index (χ4v) is 1.40. The summed E-state index contributed by atoms with van der Waals surface area (Å²) < 4.78 is 18.2. The van der Waals surface area contributed by atoms with E-state index in [0.717, 1.165) is 12.3 Å². The molecule has 0 radical (unpaired) electrons. The van der Waals surface area contributed by atoms with Crippen molar-refractivity contribution in [3.63, 3.8) is 0 Å².